The molecule has 1 heterocycles. The van der Waals surface area contributed by atoms with Crippen LogP contribution in [0.5, 0.6) is 0 Å². The monoisotopic (exact) mass is 573 g/mol. The fourth-order valence-corrected chi connectivity index (χ4v) is 4.32. The molecule has 0 aliphatic heterocycles. The lowest BCUT2D eigenvalue weighted by Gasteiger charge is -2.26. The van der Waals surface area contributed by atoms with Crippen molar-refractivity contribution in [3.63, 3.8) is 0 Å². The molecule has 7 nitrogen and oxygen atoms in total. The molecule has 0 saturated heterocycles. The smallest absolute Gasteiger partial charge is 0.411 e. The molecule has 0 bridgehead atoms. The van der Waals surface area contributed by atoms with Gasteiger partial charge in [0.15, 0.2) is 5.78 Å². The van der Waals surface area contributed by atoms with E-state index in [9.17, 15) is 14.4 Å². The lowest BCUT2D eigenvalue weighted by molar-refractivity contribution is 0.0272. The topological polar surface area (TPSA) is 86.0 Å². The van der Waals surface area contributed by atoms with E-state index in [0.717, 1.165) is 31.2 Å². The van der Waals surface area contributed by atoms with E-state index < -0.39 is 11.6 Å². The van der Waals surface area contributed by atoms with Crippen LogP contribution in [-0.2, 0) is 15.9 Å². The van der Waals surface area contributed by atoms with Gasteiger partial charge in [0.2, 0.25) is 0 Å². The van der Waals surface area contributed by atoms with Gasteiger partial charge in [0.05, 0.1) is 23.8 Å². The first-order chi connectivity index (χ1) is 19.9. The Morgan fingerprint density at radius 1 is 0.952 bits per heavy atom. The highest BCUT2D eigenvalue weighted by molar-refractivity contribution is 6.17. The third-order valence-electron chi connectivity index (χ3n) is 6.41. The molecule has 0 spiro atoms. The maximum Gasteiger partial charge on any atom is 0.411 e. The third kappa shape index (κ3) is 8.97. The number of benzene rings is 2. The van der Waals surface area contributed by atoms with Crippen molar-refractivity contribution in [2.75, 3.05) is 13.1 Å². The predicted octanol–water partition coefficient (Wildman–Crippen LogP) is 7.96. The molecule has 7 heteroatoms. The van der Waals surface area contributed by atoms with Crippen LogP contribution in [0.25, 0.3) is 11.0 Å². The van der Waals surface area contributed by atoms with E-state index in [-0.39, 0.29) is 24.5 Å². The minimum atomic E-state index is -0.576. The number of unbranched alkanes of at least 4 members (excludes halogenated alkanes) is 2. The van der Waals surface area contributed by atoms with E-state index in [1.165, 1.54) is 0 Å². The number of nitrogens with zero attached hydrogens (tertiary/aromatic N) is 1. The molecule has 0 N–H and O–H groups in total. The van der Waals surface area contributed by atoms with Gasteiger partial charge in [-0.2, -0.15) is 0 Å². The van der Waals surface area contributed by atoms with Crippen molar-refractivity contribution in [1.29, 1.82) is 0 Å². The number of carbonyl (C=O) groups is 3. The second-order valence-corrected chi connectivity index (χ2v) is 11.6. The molecule has 2 aromatic carbocycles. The summed E-state index contributed by atoms with van der Waals surface area (Å²) in [6.45, 7) is 14.1. The van der Waals surface area contributed by atoms with Crippen molar-refractivity contribution < 1.29 is 28.3 Å². The van der Waals surface area contributed by atoms with Crippen LogP contribution in [-0.4, -0.2) is 47.5 Å². The van der Waals surface area contributed by atoms with Gasteiger partial charge in [-0.15, -0.1) is 0 Å². The Hall–Kier alpha value is -4.05. The molecule has 0 fully saturated rings. The quantitative estimate of drug-likeness (QED) is 0.131. The van der Waals surface area contributed by atoms with Gasteiger partial charge in [-0.3, -0.25) is 9.69 Å². The van der Waals surface area contributed by atoms with Crippen LogP contribution >= 0.6 is 0 Å². The Morgan fingerprint density at radius 2 is 1.62 bits per heavy atom. The van der Waals surface area contributed by atoms with Crippen molar-refractivity contribution in [3.05, 3.63) is 70.5 Å². The zero-order valence-electron chi connectivity index (χ0n) is 26.0. The van der Waals surface area contributed by atoms with E-state index in [2.05, 4.69) is 25.7 Å². The van der Waals surface area contributed by atoms with Crippen molar-refractivity contribution in [2.24, 2.45) is 0 Å². The van der Waals surface area contributed by atoms with Gasteiger partial charge in [-0.1, -0.05) is 38.5 Å². The molecule has 0 unspecified atom stereocenters. The Morgan fingerprint density at radius 3 is 2.24 bits per heavy atom. The molecule has 3 aromatic rings. The zero-order chi connectivity index (χ0) is 30.9. The molecule has 0 radical (unpaired) electrons. The van der Waals surface area contributed by atoms with Crippen molar-refractivity contribution in [3.8, 4) is 11.8 Å². The highest BCUT2D eigenvalue weighted by atomic mass is 16.6. The first kappa shape index (κ1) is 32.5. The maximum atomic E-state index is 13.8. The summed E-state index contributed by atoms with van der Waals surface area (Å²) in [7, 11) is 0. The number of aryl methyl sites for hydroxylation is 1. The molecule has 1 amide bonds. The summed E-state index contributed by atoms with van der Waals surface area (Å²) in [5.41, 5.74) is 2.05. The fraction of sp³-hybridized carbons (Fsp3) is 0.457. The first-order valence-electron chi connectivity index (χ1n) is 14.8. The normalized spacial score (nSPS) is 11.2. The summed E-state index contributed by atoms with van der Waals surface area (Å²) >= 11 is 0. The Balaban J connectivity index is 1.85. The summed E-state index contributed by atoms with van der Waals surface area (Å²) in [4.78, 5) is 40.6. The van der Waals surface area contributed by atoms with Gasteiger partial charge in [0.1, 0.15) is 16.9 Å². The largest absolute Gasteiger partial charge is 0.460 e. The van der Waals surface area contributed by atoms with E-state index in [1.807, 2.05) is 20.8 Å². The number of carbonyl (C=O) groups excluding carboxylic acids is 3. The van der Waals surface area contributed by atoms with Crippen LogP contribution in [0.1, 0.15) is 112 Å². The summed E-state index contributed by atoms with van der Waals surface area (Å²) in [6, 6.07) is 12.1. The van der Waals surface area contributed by atoms with Crippen LogP contribution in [0.15, 0.2) is 46.9 Å². The SMILES string of the molecule is CCCCc1oc2ccc(C(=O)OC(C)C)cc2c1C(=O)c1ccc(C#CCN(CCCC)C(=O)OC(C)(C)C)cc1. The predicted molar refractivity (Wildman–Crippen MR) is 165 cm³/mol. The number of hydrogen-bond donors (Lipinski definition) is 0. The second kappa shape index (κ2) is 14.7. The summed E-state index contributed by atoms with van der Waals surface area (Å²) in [5, 5.41) is 0.600. The minimum Gasteiger partial charge on any atom is -0.460 e. The Bertz CT molecular complexity index is 1450. The average Bonchev–Trinajstić information content (AvgIpc) is 3.29. The summed E-state index contributed by atoms with van der Waals surface area (Å²) in [5.74, 6) is 6.16. The number of ketones is 1. The number of furan rings is 1. The molecule has 3 rings (SSSR count). The molecule has 0 atom stereocenters. The van der Waals surface area contributed by atoms with Crippen LogP contribution in [0.3, 0.4) is 0 Å². The second-order valence-electron chi connectivity index (χ2n) is 11.6. The number of amides is 1. The standard InChI is InChI=1S/C35H43NO6/c1-8-10-14-30-31(28-23-27(19-20-29(28)41-30)33(38)40-24(3)4)32(37)26-17-15-25(16-18-26)13-12-22-36(21-11-9-2)34(39)42-35(5,6)7/h15-20,23-24H,8-11,14,21-22H2,1-7H3. The van der Waals surface area contributed by atoms with Gasteiger partial charge in [0, 0.05) is 29.5 Å². The number of ether oxygens (including phenoxy) is 2. The molecule has 0 aliphatic carbocycles. The molecule has 0 saturated carbocycles. The number of hydrogen-bond acceptors (Lipinski definition) is 6. The fourth-order valence-electron chi connectivity index (χ4n) is 4.32. The number of rotatable bonds is 11. The van der Waals surface area contributed by atoms with E-state index in [1.54, 1.807) is 61.2 Å². The lowest BCUT2D eigenvalue weighted by atomic mass is 9.97. The maximum absolute atomic E-state index is 13.8. The lowest BCUT2D eigenvalue weighted by Crippen LogP contribution is -2.37. The van der Waals surface area contributed by atoms with E-state index in [4.69, 9.17) is 13.9 Å². The highest BCUT2D eigenvalue weighted by Gasteiger charge is 2.24. The highest BCUT2D eigenvalue weighted by Crippen LogP contribution is 2.31. The van der Waals surface area contributed by atoms with Gasteiger partial charge in [-0.05, 0) is 89.9 Å². The van der Waals surface area contributed by atoms with Crippen molar-refractivity contribution in [2.45, 2.75) is 92.3 Å². The first-order valence-corrected chi connectivity index (χ1v) is 14.8. The number of fused-ring (bicyclic) bond motifs is 1. The van der Waals surface area contributed by atoms with Gasteiger partial charge >= 0.3 is 12.1 Å². The Kier molecular flexibility index (Phi) is 11.4. The van der Waals surface area contributed by atoms with Gasteiger partial charge < -0.3 is 13.9 Å². The molecule has 42 heavy (non-hydrogen) atoms. The molecule has 0 aliphatic rings. The van der Waals surface area contributed by atoms with E-state index in [0.29, 0.717) is 46.4 Å². The molecular formula is C35H43NO6. The Labute approximate surface area is 249 Å². The van der Waals surface area contributed by atoms with Crippen molar-refractivity contribution in [1.82, 2.24) is 4.90 Å². The van der Waals surface area contributed by atoms with Crippen LogP contribution in [0, 0.1) is 11.8 Å². The van der Waals surface area contributed by atoms with Crippen LogP contribution < -0.4 is 0 Å². The van der Waals surface area contributed by atoms with Crippen LogP contribution in [0.2, 0.25) is 0 Å². The molecular weight excluding hydrogens is 530 g/mol. The van der Waals surface area contributed by atoms with Crippen LogP contribution in [0.4, 0.5) is 4.79 Å². The molecule has 1 aromatic heterocycles. The van der Waals surface area contributed by atoms with Crippen molar-refractivity contribution >= 4 is 28.8 Å². The van der Waals surface area contributed by atoms with Gasteiger partial charge in [0.25, 0.3) is 0 Å². The average molecular weight is 574 g/mol. The summed E-state index contributed by atoms with van der Waals surface area (Å²) in [6.07, 6.45) is 3.63. The third-order valence-corrected chi connectivity index (χ3v) is 6.41. The molecule has 224 valence electrons. The van der Waals surface area contributed by atoms with Gasteiger partial charge in [-0.25, -0.2) is 9.59 Å². The number of esters is 1. The minimum absolute atomic E-state index is 0.176. The summed E-state index contributed by atoms with van der Waals surface area (Å²) < 4.78 is 17.0. The van der Waals surface area contributed by atoms with E-state index >= 15 is 0 Å². The zero-order valence-corrected chi connectivity index (χ0v) is 26.0.